The summed E-state index contributed by atoms with van der Waals surface area (Å²) in [6.45, 7) is 3.09. The summed E-state index contributed by atoms with van der Waals surface area (Å²) in [5.41, 5.74) is 1.61. The molecule has 1 aliphatic heterocycles. The second-order valence-electron chi connectivity index (χ2n) is 8.26. The molecule has 3 heterocycles. The summed E-state index contributed by atoms with van der Waals surface area (Å²) in [7, 11) is 0. The molecule has 3 aromatic rings. The molecule has 34 heavy (non-hydrogen) atoms. The molecule has 1 atom stereocenters. The molecule has 0 aliphatic carbocycles. The zero-order chi connectivity index (χ0) is 24.5. The zero-order valence-corrected chi connectivity index (χ0v) is 19.5. The summed E-state index contributed by atoms with van der Waals surface area (Å²) >= 11 is 1.17. The van der Waals surface area contributed by atoms with Crippen LogP contribution in [0, 0.1) is 19.7 Å². The maximum absolute atomic E-state index is 13.4. The van der Waals surface area contributed by atoms with Crippen molar-refractivity contribution in [1.82, 2.24) is 19.3 Å². The Bertz CT molecular complexity index is 1170. The third kappa shape index (κ3) is 5.52. The Kier molecular flexibility index (Phi) is 7.13. The average molecular weight is 497 g/mol. The number of aromatic nitrogens is 4. The molecule has 0 spiro atoms. The highest BCUT2D eigenvalue weighted by molar-refractivity contribution is 7.99. The SMILES string of the molecule is Cc1cc(C(=O)CSc2nnc(-c3ccc(F)cc3)n2C[C@H]2CCCO2)c(C)n1CC(F)(F)F. The van der Waals surface area contributed by atoms with Crippen molar-refractivity contribution >= 4 is 17.5 Å². The van der Waals surface area contributed by atoms with Gasteiger partial charge in [0.2, 0.25) is 0 Å². The van der Waals surface area contributed by atoms with Crippen LogP contribution < -0.4 is 0 Å². The number of halogens is 4. The van der Waals surface area contributed by atoms with E-state index in [1.54, 1.807) is 19.1 Å². The van der Waals surface area contributed by atoms with Crippen LogP contribution in [0.25, 0.3) is 11.4 Å². The Morgan fingerprint density at radius 1 is 1.18 bits per heavy atom. The number of rotatable bonds is 8. The molecule has 0 unspecified atom stereocenters. The van der Waals surface area contributed by atoms with Gasteiger partial charge in [-0.3, -0.25) is 9.36 Å². The van der Waals surface area contributed by atoms with Crippen LogP contribution in [0.1, 0.15) is 34.6 Å². The van der Waals surface area contributed by atoms with E-state index in [2.05, 4.69) is 10.2 Å². The van der Waals surface area contributed by atoms with Crippen molar-refractivity contribution in [3.05, 3.63) is 53.1 Å². The van der Waals surface area contributed by atoms with Crippen LogP contribution in [-0.4, -0.2) is 49.8 Å². The Balaban J connectivity index is 1.55. The summed E-state index contributed by atoms with van der Waals surface area (Å²) in [6, 6.07) is 7.40. The first-order valence-electron chi connectivity index (χ1n) is 10.8. The lowest BCUT2D eigenvalue weighted by Crippen LogP contribution is -2.20. The molecule has 0 amide bonds. The minimum Gasteiger partial charge on any atom is -0.376 e. The monoisotopic (exact) mass is 496 g/mol. The van der Waals surface area contributed by atoms with Crippen LogP contribution in [0.4, 0.5) is 17.6 Å². The van der Waals surface area contributed by atoms with Crippen LogP contribution in [0.3, 0.4) is 0 Å². The molecule has 0 N–H and O–H groups in total. The Hall–Kier alpha value is -2.66. The van der Waals surface area contributed by atoms with E-state index in [1.165, 1.54) is 36.9 Å². The van der Waals surface area contributed by atoms with Crippen LogP contribution in [0.15, 0.2) is 35.5 Å². The van der Waals surface area contributed by atoms with Gasteiger partial charge in [0.25, 0.3) is 0 Å². The van der Waals surface area contributed by atoms with Crippen molar-refractivity contribution in [2.24, 2.45) is 0 Å². The number of nitrogens with zero attached hydrogens (tertiary/aromatic N) is 4. The van der Waals surface area contributed by atoms with Gasteiger partial charge in [-0.1, -0.05) is 11.8 Å². The Morgan fingerprint density at radius 2 is 1.91 bits per heavy atom. The van der Waals surface area contributed by atoms with Gasteiger partial charge in [-0.2, -0.15) is 13.2 Å². The largest absolute Gasteiger partial charge is 0.406 e. The van der Waals surface area contributed by atoms with Crippen molar-refractivity contribution in [1.29, 1.82) is 0 Å². The van der Waals surface area contributed by atoms with E-state index in [1.807, 2.05) is 4.57 Å². The predicted molar refractivity (Wildman–Crippen MR) is 119 cm³/mol. The third-order valence-corrected chi connectivity index (χ3v) is 6.74. The number of carbonyl (C=O) groups excluding carboxylic acids is 1. The van der Waals surface area contributed by atoms with Crippen molar-refractivity contribution in [3.8, 4) is 11.4 Å². The van der Waals surface area contributed by atoms with Gasteiger partial charge in [0.05, 0.1) is 18.4 Å². The molecule has 1 aromatic carbocycles. The minimum atomic E-state index is -4.38. The lowest BCUT2D eigenvalue weighted by atomic mass is 10.2. The summed E-state index contributed by atoms with van der Waals surface area (Å²) in [5.74, 6) is -0.129. The van der Waals surface area contributed by atoms with E-state index >= 15 is 0 Å². The number of carbonyl (C=O) groups is 1. The van der Waals surface area contributed by atoms with Gasteiger partial charge in [0.1, 0.15) is 12.4 Å². The van der Waals surface area contributed by atoms with E-state index in [0.29, 0.717) is 35.4 Å². The molecule has 2 aromatic heterocycles. The minimum absolute atomic E-state index is 0.0105. The first kappa shape index (κ1) is 24.5. The van der Waals surface area contributed by atoms with Gasteiger partial charge in [-0.25, -0.2) is 4.39 Å². The first-order chi connectivity index (χ1) is 16.1. The molecular formula is C23H24F4N4O2S. The summed E-state index contributed by atoms with van der Waals surface area (Å²) < 4.78 is 60.8. The molecule has 0 saturated carbocycles. The summed E-state index contributed by atoms with van der Waals surface area (Å²) in [5, 5.41) is 8.99. The average Bonchev–Trinajstić information content (AvgIpc) is 3.49. The van der Waals surface area contributed by atoms with E-state index in [0.717, 1.165) is 17.4 Å². The summed E-state index contributed by atoms with van der Waals surface area (Å²) in [4.78, 5) is 12.9. The highest BCUT2D eigenvalue weighted by atomic mass is 32.2. The fraction of sp³-hybridized carbons (Fsp3) is 0.435. The van der Waals surface area contributed by atoms with Crippen LogP contribution in [0.2, 0.25) is 0 Å². The van der Waals surface area contributed by atoms with E-state index < -0.39 is 12.7 Å². The topological polar surface area (TPSA) is 61.9 Å². The number of ketones is 1. The van der Waals surface area contributed by atoms with Crippen LogP contribution >= 0.6 is 11.8 Å². The van der Waals surface area contributed by atoms with Crippen molar-refractivity contribution in [2.75, 3.05) is 12.4 Å². The Morgan fingerprint density at radius 3 is 2.56 bits per heavy atom. The molecule has 1 fully saturated rings. The van der Waals surface area contributed by atoms with Gasteiger partial charge in [-0.15, -0.1) is 10.2 Å². The maximum Gasteiger partial charge on any atom is 0.406 e. The third-order valence-electron chi connectivity index (χ3n) is 5.77. The van der Waals surface area contributed by atoms with Crippen molar-refractivity contribution < 1.29 is 27.1 Å². The highest BCUT2D eigenvalue weighted by Crippen LogP contribution is 2.29. The molecular weight excluding hydrogens is 472 g/mol. The van der Waals surface area contributed by atoms with E-state index in [9.17, 15) is 22.4 Å². The van der Waals surface area contributed by atoms with Gasteiger partial charge < -0.3 is 9.30 Å². The molecule has 4 rings (SSSR count). The molecule has 0 bridgehead atoms. The quantitative estimate of drug-likeness (QED) is 0.243. The fourth-order valence-corrected chi connectivity index (χ4v) is 4.91. The number of thioether (sulfide) groups is 1. The Labute approximate surface area is 198 Å². The van der Waals surface area contributed by atoms with E-state index in [4.69, 9.17) is 4.74 Å². The van der Waals surface area contributed by atoms with Crippen LogP contribution in [0.5, 0.6) is 0 Å². The predicted octanol–water partition coefficient (Wildman–Crippen LogP) is 5.22. The van der Waals surface area contributed by atoms with Gasteiger partial charge in [-0.05, 0) is 57.0 Å². The number of Topliss-reactive ketones (excluding diaryl/α,β-unsaturated/α-hetero) is 1. The number of aryl methyl sites for hydroxylation is 1. The maximum atomic E-state index is 13.4. The zero-order valence-electron chi connectivity index (χ0n) is 18.7. The lowest BCUT2D eigenvalue weighted by Gasteiger charge is -2.15. The molecule has 11 heteroatoms. The number of benzene rings is 1. The van der Waals surface area contributed by atoms with Crippen molar-refractivity contribution in [2.45, 2.75) is 57.2 Å². The second kappa shape index (κ2) is 9.91. The normalized spacial score (nSPS) is 16.4. The fourth-order valence-electron chi connectivity index (χ4n) is 4.08. The molecule has 0 radical (unpaired) electrons. The van der Waals surface area contributed by atoms with Crippen LogP contribution in [-0.2, 0) is 17.8 Å². The summed E-state index contributed by atoms with van der Waals surface area (Å²) in [6.07, 6.45) is -2.56. The number of hydrogen-bond donors (Lipinski definition) is 0. The molecule has 1 saturated heterocycles. The second-order valence-corrected chi connectivity index (χ2v) is 9.20. The van der Waals surface area contributed by atoms with Gasteiger partial charge in [0, 0.05) is 29.1 Å². The molecule has 1 aliphatic rings. The number of hydrogen-bond acceptors (Lipinski definition) is 5. The van der Waals surface area contributed by atoms with Crippen molar-refractivity contribution in [3.63, 3.8) is 0 Å². The standard InChI is InChI=1S/C23H24F4N4O2S/c1-14-10-19(15(2)31(14)13-23(25,26)27)20(32)12-34-22-29-28-21(16-5-7-17(24)8-6-16)30(22)11-18-4-3-9-33-18/h5-8,10,18H,3-4,9,11-13H2,1-2H3/t18-/m1/s1. The van der Waals surface area contributed by atoms with Gasteiger partial charge >= 0.3 is 6.18 Å². The van der Waals surface area contributed by atoms with Gasteiger partial charge in [0.15, 0.2) is 16.8 Å². The smallest absolute Gasteiger partial charge is 0.376 e. The highest BCUT2D eigenvalue weighted by Gasteiger charge is 2.30. The molecule has 182 valence electrons. The number of ether oxygens (including phenoxy) is 1. The van der Waals surface area contributed by atoms with E-state index in [-0.39, 0.29) is 34.7 Å². The molecule has 6 nitrogen and oxygen atoms in total. The first-order valence-corrected chi connectivity index (χ1v) is 11.8. The number of alkyl halides is 3. The lowest BCUT2D eigenvalue weighted by molar-refractivity contribution is -0.141.